The average Bonchev–Trinajstić information content (AvgIpc) is 2.53. The van der Waals surface area contributed by atoms with Crippen molar-refractivity contribution in [3.8, 4) is 11.3 Å². The summed E-state index contributed by atoms with van der Waals surface area (Å²) in [5, 5.41) is 0. The molecule has 0 radical (unpaired) electrons. The zero-order chi connectivity index (χ0) is 14.5. The van der Waals surface area contributed by atoms with Gasteiger partial charge >= 0.3 is 11.9 Å². The second-order valence-corrected chi connectivity index (χ2v) is 3.96. The molecular formula is C15H13NO4. The molecule has 2 aromatic rings. The van der Waals surface area contributed by atoms with E-state index < -0.39 is 11.9 Å². The highest BCUT2D eigenvalue weighted by atomic mass is 16.5. The molecule has 0 saturated heterocycles. The SMILES string of the molecule is COC(=O)c1ccc(-c2ccccn2)cc1C(=O)OC. The van der Waals surface area contributed by atoms with Crippen LogP contribution in [0.15, 0.2) is 42.6 Å². The van der Waals surface area contributed by atoms with Gasteiger partial charge in [0.2, 0.25) is 0 Å². The minimum absolute atomic E-state index is 0.155. The molecule has 102 valence electrons. The minimum Gasteiger partial charge on any atom is -0.465 e. The van der Waals surface area contributed by atoms with Crippen LogP contribution in [-0.4, -0.2) is 31.1 Å². The van der Waals surface area contributed by atoms with Gasteiger partial charge in [-0.3, -0.25) is 4.98 Å². The Morgan fingerprint density at radius 3 is 2.25 bits per heavy atom. The summed E-state index contributed by atoms with van der Waals surface area (Å²) in [6, 6.07) is 10.3. The summed E-state index contributed by atoms with van der Waals surface area (Å²) in [4.78, 5) is 27.6. The molecule has 0 spiro atoms. The van der Waals surface area contributed by atoms with Crippen molar-refractivity contribution >= 4 is 11.9 Å². The van der Waals surface area contributed by atoms with Crippen LogP contribution in [0.25, 0.3) is 11.3 Å². The van der Waals surface area contributed by atoms with Gasteiger partial charge in [0.15, 0.2) is 0 Å². The first-order chi connectivity index (χ1) is 9.67. The number of methoxy groups -OCH3 is 2. The highest BCUT2D eigenvalue weighted by molar-refractivity contribution is 6.04. The van der Waals surface area contributed by atoms with Crippen LogP contribution in [0.4, 0.5) is 0 Å². The monoisotopic (exact) mass is 271 g/mol. The number of benzene rings is 1. The van der Waals surface area contributed by atoms with Gasteiger partial charge in [-0.05, 0) is 24.3 Å². The van der Waals surface area contributed by atoms with Gasteiger partial charge in [0.05, 0.1) is 31.0 Å². The number of pyridine rings is 1. The second kappa shape index (κ2) is 5.97. The number of ether oxygens (including phenoxy) is 2. The van der Waals surface area contributed by atoms with E-state index in [-0.39, 0.29) is 11.1 Å². The minimum atomic E-state index is -0.594. The van der Waals surface area contributed by atoms with Gasteiger partial charge in [-0.1, -0.05) is 12.1 Å². The molecule has 1 aromatic heterocycles. The van der Waals surface area contributed by atoms with Crippen LogP contribution in [0.3, 0.4) is 0 Å². The fourth-order valence-electron chi connectivity index (χ4n) is 1.80. The van der Waals surface area contributed by atoms with E-state index in [1.165, 1.54) is 20.3 Å². The number of hydrogen-bond acceptors (Lipinski definition) is 5. The lowest BCUT2D eigenvalue weighted by molar-refractivity contribution is 0.0555. The summed E-state index contributed by atoms with van der Waals surface area (Å²) in [6.45, 7) is 0. The molecular weight excluding hydrogens is 258 g/mol. The van der Waals surface area contributed by atoms with Crippen molar-refractivity contribution in [2.75, 3.05) is 14.2 Å². The number of carbonyl (C=O) groups excluding carboxylic acids is 2. The quantitative estimate of drug-likeness (QED) is 0.801. The topological polar surface area (TPSA) is 65.5 Å². The summed E-state index contributed by atoms with van der Waals surface area (Å²) < 4.78 is 9.35. The zero-order valence-electron chi connectivity index (χ0n) is 11.1. The molecule has 5 nitrogen and oxygen atoms in total. The lowest BCUT2D eigenvalue weighted by Gasteiger charge is -2.08. The molecule has 1 heterocycles. The van der Waals surface area contributed by atoms with Crippen LogP contribution in [0, 0.1) is 0 Å². The molecule has 0 atom stereocenters. The van der Waals surface area contributed by atoms with Crippen LogP contribution < -0.4 is 0 Å². The molecule has 0 N–H and O–H groups in total. The van der Waals surface area contributed by atoms with E-state index in [4.69, 9.17) is 4.74 Å². The molecule has 0 unspecified atom stereocenters. The normalized spacial score (nSPS) is 9.90. The zero-order valence-corrected chi connectivity index (χ0v) is 11.1. The van der Waals surface area contributed by atoms with Crippen molar-refractivity contribution in [1.29, 1.82) is 0 Å². The molecule has 5 heteroatoms. The van der Waals surface area contributed by atoms with Crippen molar-refractivity contribution in [1.82, 2.24) is 4.98 Å². The van der Waals surface area contributed by atoms with Gasteiger partial charge in [-0.2, -0.15) is 0 Å². The third kappa shape index (κ3) is 2.66. The summed E-state index contributed by atoms with van der Waals surface area (Å²) in [5.41, 5.74) is 1.74. The van der Waals surface area contributed by atoms with Gasteiger partial charge in [-0.25, -0.2) is 9.59 Å². The highest BCUT2D eigenvalue weighted by Crippen LogP contribution is 2.22. The lowest BCUT2D eigenvalue weighted by Crippen LogP contribution is -2.11. The predicted octanol–water partition coefficient (Wildman–Crippen LogP) is 2.32. The standard InChI is InChI=1S/C15H13NO4/c1-19-14(17)11-7-6-10(9-12(11)15(18)20-2)13-5-3-4-8-16-13/h3-9H,1-2H3. The van der Waals surface area contributed by atoms with E-state index in [0.29, 0.717) is 5.69 Å². The molecule has 0 fully saturated rings. The van der Waals surface area contributed by atoms with E-state index in [0.717, 1.165) is 5.56 Å². The van der Waals surface area contributed by atoms with Gasteiger partial charge in [0, 0.05) is 11.8 Å². The number of carbonyl (C=O) groups is 2. The Kier molecular flexibility index (Phi) is 4.10. The Balaban J connectivity index is 2.54. The average molecular weight is 271 g/mol. The van der Waals surface area contributed by atoms with Crippen LogP contribution in [0.2, 0.25) is 0 Å². The molecule has 0 aliphatic heterocycles. The maximum atomic E-state index is 11.8. The second-order valence-electron chi connectivity index (χ2n) is 3.96. The van der Waals surface area contributed by atoms with Crippen molar-refractivity contribution in [2.24, 2.45) is 0 Å². The first-order valence-corrected chi connectivity index (χ1v) is 5.89. The smallest absolute Gasteiger partial charge is 0.338 e. The Bertz CT molecular complexity index is 638. The molecule has 2 rings (SSSR count). The van der Waals surface area contributed by atoms with E-state index in [1.807, 2.05) is 12.1 Å². The molecule has 1 aromatic carbocycles. The molecule has 0 aliphatic rings. The highest BCUT2D eigenvalue weighted by Gasteiger charge is 2.19. The Morgan fingerprint density at radius 1 is 0.950 bits per heavy atom. The lowest BCUT2D eigenvalue weighted by atomic mass is 10.0. The third-order valence-corrected chi connectivity index (χ3v) is 2.79. The van der Waals surface area contributed by atoms with Crippen LogP contribution in [-0.2, 0) is 9.47 Å². The number of rotatable bonds is 3. The van der Waals surface area contributed by atoms with Gasteiger partial charge < -0.3 is 9.47 Å². The van der Waals surface area contributed by atoms with E-state index in [2.05, 4.69) is 9.72 Å². The first kappa shape index (κ1) is 13.7. The Hall–Kier alpha value is -2.69. The molecule has 0 aliphatic carbocycles. The number of nitrogens with zero attached hydrogens (tertiary/aromatic N) is 1. The van der Waals surface area contributed by atoms with E-state index >= 15 is 0 Å². The van der Waals surface area contributed by atoms with Crippen molar-refractivity contribution < 1.29 is 19.1 Å². The summed E-state index contributed by atoms with van der Waals surface area (Å²) in [5.74, 6) is -1.18. The third-order valence-electron chi connectivity index (χ3n) is 2.79. The fourth-order valence-corrected chi connectivity index (χ4v) is 1.80. The molecule has 0 saturated carbocycles. The van der Waals surface area contributed by atoms with Gasteiger partial charge in [0.25, 0.3) is 0 Å². The Labute approximate surface area is 116 Å². The van der Waals surface area contributed by atoms with Crippen molar-refractivity contribution in [2.45, 2.75) is 0 Å². The van der Waals surface area contributed by atoms with E-state index in [1.54, 1.807) is 24.4 Å². The van der Waals surface area contributed by atoms with Crippen LogP contribution in [0.1, 0.15) is 20.7 Å². The molecule has 0 amide bonds. The fraction of sp³-hybridized carbons (Fsp3) is 0.133. The molecule has 0 bridgehead atoms. The summed E-state index contributed by atoms with van der Waals surface area (Å²) >= 11 is 0. The number of aromatic nitrogens is 1. The largest absolute Gasteiger partial charge is 0.465 e. The number of esters is 2. The van der Waals surface area contributed by atoms with Gasteiger partial charge in [0.1, 0.15) is 0 Å². The first-order valence-electron chi connectivity index (χ1n) is 5.89. The van der Waals surface area contributed by atoms with Crippen LogP contribution in [0.5, 0.6) is 0 Å². The predicted molar refractivity (Wildman–Crippen MR) is 72.4 cm³/mol. The van der Waals surface area contributed by atoms with Crippen LogP contribution >= 0.6 is 0 Å². The van der Waals surface area contributed by atoms with Crippen molar-refractivity contribution in [3.63, 3.8) is 0 Å². The van der Waals surface area contributed by atoms with E-state index in [9.17, 15) is 9.59 Å². The molecule has 20 heavy (non-hydrogen) atoms. The Morgan fingerprint density at radius 2 is 1.65 bits per heavy atom. The van der Waals surface area contributed by atoms with Gasteiger partial charge in [-0.15, -0.1) is 0 Å². The van der Waals surface area contributed by atoms with Crippen molar-refractivity contribution in [3.05, 3.63) is 53.7 Å². The maximum Gasteiger partial charge on any atom is 0.338 e. The maximum absolute atomic E-state index is 11.8. The summed E-state index contributed by atoms with van der Waals surface area (Å²) in [6.07, 6.45) is 1.65. The number of hydrogen-bond donors (Lipinski definition) is 0. The summed E-state index contributed by atoms with van der Waals surface area (Å²) in [7, 11) is 2.52.